The quantitative estimate of drug-likeness (QED) is 0.461. The van der Waals surface area contributed by atoms with Crippen LogP contribution in [0.25, 0.3) is 15.9 Å². The second-order valence-corrected chi connectivity index (χ2v) is 7.67. The number of anilines is 1. The molecule has 0 atom stereocenters. The molecule has 4 rings (SSSR count). The number of rotatable bonds is 4. The van der Waals surface area contributed by atoms with Crippen LogP contribution in [-0.2, 0) is 0 Å². The van der Waals surface area contributed by atoms with Crippen molar-refractivity contribution in [1.29, 1.82) is 0 Å². The van der Waals surface area contributed by atoms with Gasteiger partial charge in [0.1, 0.15) is 11.3 Å². The van der Waals surface area contributed by atoms with E-state index in [1.165, 1.54) is 22.1 Å². The predicted octanol–water partition coefficient (Wildman–Crippen LogP) is 4.87. The number of hydrogen-bond donors (Lipinski definition) is 3. The molecule has 0 bridgehead atoms. The van der Waals surface area contributed by atoms with Crippen LogP contribution in [0.15, 0.2) is 54.2 Å². The third-order valence-electron chi connectivity index (χ3n) is 4.61. The van der Waals surface area contributed by atoms with Gasteiger partial charge in [0.2, 0.25) is 5.88 Å². The number of nitrogens with zero attached hydrogens (tertiary/aromatic N) is 2. The predicted molar refractivity (Wildman–Crippen MR) is 111 cm³/mol. The van der Waals surface area contributed by atoms with Crippen molar-refractivity contribution in [3.05, 3.63) is 65.3 Å². The first-order valence-corrected chi connectivity index (χ1v) is 9.71. The third-order valence-corrected chi connectivity index (χ3v) is 5.40. The highest BCUT2D eigenvalue weighted by atomic mass is 32.1. The van der Waals surface area contributed by atoms with Crippen molar-refractivity contribution in [2.75, 3.05) is 5.32 Å². The lowest BCUT2D eigenvalue weighted by molar-refractivity contribution is 0.102. The van der Waals surface area contributed by atoms with Gasteiger partial charge in [0, 0.05) is 5.69 Å². The fraction of sp³-hybridized carbons (Fsp3) is 0.143. The summed E-state index contributed by atoms with van der Waals surface area (Å²) in [5.41, 5.74) is 4.69. The lowest BCUT2D eigenvalue weighted by Gasteiger charge is -2.13. The average molecular weight is 393 g/mol. The molecule has 0 saturated heterocycles. The molecule has 0 aliphatic heterocycles. The van der Waals surface area contributed by atoms with Gasteiger partial charge in [-0.2, -0.15) is 0 Å². The van der Waals surface area contributed by atoms with Crippen LogP contribution in [0.3, 0.4) is 0 Å². The Balaban J connectivity index is 1.70. The summed E-state index contributed by atoms with van der Waals surface area (Å²) in [5, 5.41) is 23.8. The number of fused-ring (bicyclic) bond motifs is 1. The molecule has 0 unspecified atom stereocenters. The van der Waals surface area contributed by atoms with Crippen molar-refractivity contribution in [2.45, 2.75) is 19.8 Å². The number of thiazole rings is 1. The van der Waals surface area contributed by atoms with E-state index in [9.17, 15) is 15.0 Å². The van der Waals surface area contributed by atoms with Crippen LogP contribution >= 0.6 is 11.3 Å². The van der Waals surface area contributed by atoms with Gasteiger partial charge in [0.25, 0.3) is 5.91 Å². The Morgan fingerprint density at radius 2 is 1.96 bits per heavy atom. The Hall–Kier alpha value is -3.32. The van der Waals surface area contributed by atoms with E-state index in [2.05, 4.69) is 10.3 Å². The first-order valence-electron chi connectivity index (χ1n) is 8.83. The van der Waals surface area contributed by atoms with Crippen LogP contribution in [0.1, 0.15) is 35.7 Å². The van der Waals surface area contributed by atoms with Gasteiger partial charge in [-0.25, -0.2) is 4.98 Å². The molecule has 142 valence electrons. The van der Waals surface area contributed by atoms with E-state index in [1.54, 1.807) is 17.6 Å². The number of carbonyl (C=O) groups excluding carboxylic acids is 1. The summed E-state index contributed by atoms with van der Waals surface area (Å²) in [6, 6.07) is 12.9. The molecule has 1 amide bonds. The van der Waals surface area contributed by atoms with Crippen molar-refractivity contribution in [1.82, 2.24) is 9.55 Å². The van der Waals surface area contributed by atoms with Gasteiger partial charge in [-0.1, -0.05) is 32.0 Å². The second kappa shape index (κ2) is 7.01. The Bertz CT molecular complexity index is 1180. The van der Waals surface area contributed by atoms with E-state index in [0.717, 1.165) is 15.8 Å². The van der Waals surface area contributed by atoms with Gasteiger partial charge < -0.3 is 15.5 Å². The standard InChI is InChI=1S/C21H19N3O3S/c1-12(2)14-5-3-4-6-15(14)23-20(26)19-17(25)10-24(21(19)27)13-7-8-16-18(9-13)28-11-22-16/h3-12,25,27H,1-2H3,(H,23,26). The summed E-state index contributed by atoms with van der Waals surface area (Å²) in [6.45, 7) is 4.07. The van der Waals surface area contributed by atoms with Crippen LogP contribution in [0.2, 0.25) is 0 Å². The molecule has 0 saturated carbocycles. The molecule has 4 aromatic rings. The second-order valence-electron chi connectivity index (χ2n) is 6.78. The maximum Gasteiger partial charge on any atom is 0.264 e. The molecule has 2 aromatic carbocycles. The Morgan fingerprint density at radius 3 is 2.75 bits per heavy atom. The molecule has 28 heavy (non-hydrogen) atoms. The van der Waals surface area contributed by atoms with E-state index >= 15 is 0 Å². The van der Waals surface area contributed by atoms with Gasteiger partial charge in [-0.15, -0.1) is 11.3 Å². The lowest BCUT2D eigenvalue weighted by atomic mass is 10.0. The maximum atomic E-state index is 12.8. The zero-order chi connectivity index (χ0) is 19.8. The summed E-state index contributed by atoms with van der Waals surface area (Å²) in [6.07, 6.45) is 1.33. The SMILES string of the molecule is CC(C)c1ccccc1NC(=O)c1c(O)cn(-c2ccc3ncsc3c2)c1O. The largest absolute Gasteiger partial charge is 0.505 e. The number of amides is 1. The molecule has 6 nitrogen and oxygen atoms in total. The molecule has 3 N–H and O–H groups in total. The van der Waals surface area contributed by atoms with Gasteiger partial charge in [0.15, 0.2) is 0 Å². The molecular formula is C21H19N3O3S. The first kappa shape index (κ1) is 18.1. The average Bonchev–Trinajstić information content (AvgIpc) is 3.25. The maximum absolute atomic E-state index is 12.8. The minimum absolute atomic E-state index is 0.164. The van der Waals surface area contributed by atoms with Crippen LogP contribution in [0.5, 0.6) is 11.6 Å². The molecule has 2 heterocycles. The van der Waals surface area contributed by atoms with E-state index in [-0.39, 0.29) is 23.1 Å². The Morgan fingerprint density at radius 1 is 1.18 bits per heavy atom. The molecule has 0 fully saturated rings. The van der Waals surface area contributed by atoms with Crippen LogP contribution in [-0.4, -0.2) is 25.7 Å². The number of para-hydroxylation sites is 1. The topological polar surface area (TPSA) is 87.4 Å². The highest BCUT2D eigenvalue weighted by Crippen LogP contribution is 2.34. The highest BCUT2D eigenvalue weighted by Gasteiger charge is 2.23. The van der Waals surface area contributed by atoms with Crippen LogP contribution in [0.4, 0.5) is 5.69 Å². The van der Waals surface area contributed by atoms with Gasteiger partial charge in [0.05, 0.1) is 27.6 Å². The molecular weight excluding hydrogens is 374 g/mol. The fourth-order valence-electron chi connectivity index (χ4n) is 3.19. The smallest absolute Gasteiger partial charge is 0.264 e. The van der Waals surface area contributed by atoms with Crippen molar-refractivity contribution >= 4 is 33.1 Å². The van der Waals surface area contributed by atoms with E-state index < -0.39 is 5.91 Å². The number of aromatic nitrogens is 2. The molecule has 0 aliphatic rings. The minimum atomic E-state index is -0.569. The van der Waals surface area contributed by atoms with Crippen LogP contribution < -0.4 is 5.32 Å². The summed E-state index contributed by atoms with van der Waals surface area (Å²) in [7, 11) is 0. The van der Waals surface area contributed by atoms with Crippen LogP contribution in [0, 0.1) is 0 Å². The third kappa shape index (κ3) is 3.10. The number of benzene rings is 2. The van der Waals surface area contributed by atoms with E-state index in [0.29, 0.717) is 11.4 Å². The Labute approximate surface area is 165 Å². The van der Waals surface area contributed by atoms with E-state index in [1.807, 2.05) is 44.2 Å². The molecule has 0 spiro atoms. The van der Waals surface area contributed by atoms with Gasteiger partial charge in [-0.3, -0.25) is 9.36 Å². The molecule has 7 heteroatoms. The molecule has 0 radical (unpaired) electrons. The molecule has 2 aromatic heterocycles. The number of aromatic hydroxyl groups is 2. The summed E-state index contributed by atoms with van der Waals surface area (Å²) >= 11 is 1.48. The van der Waals surface area contributed by atoms with Crippen molar-refractivity contribution in [3.8, 4) is 17.3 Å². The highest BCUT2D eigenvalue weighted by molar-refractivity contribution is 7.16. The zero-order valence-electron chi connectivity index (χ0n) is 15.4. The normalized spacial score (nSPS) is 11.2. The van der Waals surface area contributed by atoms with Gasteiger partial charge >= 0.3 is 0 Å². The Kier molecular flexibility index (Phi) is 4.52. The first-order chi connectivity index (χ1) is 13.5. The van der Waals surface area contributed by atoms with Gasteiger partial charge in [-0.05, 0) is 35.7 Å². The fourth-order valence-corrected chi connectivity index (χ4v) is 3.90. The van der Waals surface area contributed by atoms with Crippen molar-refractivity contribution in [3.63, 3.8) is 0 Å². The number of hydrogen-bond acceptors (Lipinski definition) is 5. The zero-order valence-corrected chi connectivity index (χ0v) is 16.2. The molecule has 0 aliphatic carbocycles. The monoisotopic (exact) mass is 393 g/mol. The summed E-state index contributed by atoms with van der Waals surface area (Å²) in [5.74, 6) is -0.961. The minimum Gasteiger partial charge on any atom is -0.505 e. The number of carbonyl (C=O) groups is 1. The van der Waals surface area contributed by atoms with Crippen molar-refractivity contribution < 1.29 is 15.0 Å². The summed E-state index contributed by atoms with van der Waals surface area (Å²) < 4.78 is 2.33. The number of nitrogens with one attached hydrogen (secondary N) is 1. The summed E-state index contributed by atoms with van der Waals surface area (Å²) in [4.78, 5) is 17.0. The van der Waals surface area contributed by atoms with Crippen molar-refractivity contribution in [2.24, 2.45) is 0 Å². The van der Waals surface area contributed by atoms with E-state index in [4.69, 9.17) is 0 Å². The lowest BCUT2D eigenvalue weighted by Crippen LogP contribution is -2.13.